The summed E-state index contributed by atoms with van der Waals surface area (Å²) in [5.74, 6) is 0.0234. The fraction of sp³-hybridized carbons (Fsp3) is 0.500. The minimum absolute atomic E-state index is 0.0394. The van der Waals surface area contributed by atoms with Gasteiger partial charge in [0.15, 0.2) is 0 Å². The van der Waals surface area contributed by atoms with E-state index in [-0.39, 0.29) is 25.3 Å². The van der Waals surface area contributed by atoms with Crippen LogP contribution in [0, 0.1) is 0 Å². The lowest BCUT2D eigenvalue weighted by Crippen LogP contribution is -2.24. The molecule has 0 radical (unpaired) electrons. The van der Waals surface area contributed by atoms with E-state index in [0.29, 0.717) is 18.1 Å². The van der Waals surface area contributed by atoms with Gasteiger partial charge in [-0.25, -0.2) is 0 Å². The van der Waals surface area contributed by atoms with Crippen molar-refractivity contribution >= 4 is 11.9 Å². The van der Waals surface area contributed by atoms with Gasteiger partial charge in [0.1, 0.15) is 18.1 Å². The number of hydrogen-bond donors (Lipinski definition) is 2. The number of hydrogen-bond acceptors (Lipinski definition) is 5. The van der Waals surface area contributed by atoms with Crippen LogP contribution in [0.25, 0.3) is 0 Å². The quantitative estimate of drug-likeness (QED) is 0.670. The van der Waals surface area contributed by atoms with Gasteiger partial charge in [-0.3, -0.25) is 9.59 Å². The molecule has 7 heteroatoms. The summed E-state index contributed by atoms with van der Waals surface area (Å²) in [6, 6.07) is 5.38. The number of carboxylic acids is 1. The van der Waals surface area contributed by atoms with E-state index in [1.807, 2.05) is 25.1 Å². The first-order chi connectivity index (χ1) is 10.9. The summed E-state index contributed by atoms with van der Waals surface area (Å²) in [4.78, 5) is 24.1. The lowest BCUT2D eigenvalue weighted by atomic mass is 10.2. The van der Waals surface area contributed by atoms with Crippen LogP contribution in [-0.2, 0) is 16.1 Å². The number of carboxylic acid groups (broad SMARTS) is 1. The number of carbonyl (C=O) groups is 2. The lowest BCUT2D eigenvalue weighted by Gasteiger charge is -2.15. The van der Waals surface area contributed by atoms with Gasteiger partial charge in [0.05, 0.1) is 13.5 Å². The van der Waals surface area contributed by atoms with Crippen molar-refractivity contribution < 1.29 is 24.2 Å². The Morgan fingerprint density at radius 1 is 1.26 bits per heavy atom. The van der Waals surface area contributed by atoms with E-state index in [1.54, 1.807) is 19.2 Å². The molecule has 0 bridgehead atoms. The summed E-state index contributed by atoms with van der Waals surface area (Å²) >= 11 is 0. The molecule has 23 heavy (non-hydrogen) atoms. The number of nitrogens with one attached hydrogen (secondary N) is 1. The van der Waals surface area contributed by atoms with Crippen molar-refractivity contribution in [3.63, 3.8) is 0 Å². The molecule has 0 atom stereocenters. The number of methoxy groups -OCH3 is 1. The highest BCUT2D eigenvalue weighted by Crippen LogP contribution is 2.24. The molecule has 0 saturated heterocycles. The van der Waals surface area contributed by atoms with E-state index in [0.717, 1.165) is 12.1 Å². The Morgan fingerprint density at radius 3 is 2.61 bits per heavy atom. The monoisotopic (exact) mass is 324 g/mol. The van der Waals surface area contributed by atoms with E-state index < -0.39 is 5.97 Å². The van der Waals surface area contributed by atoms with E-state index in [2.05, 4.69) is 5.32 Å². The van der Waals surface area contributed by atoms with Gasteiger partial charge in [-0.1, -0.05) is 0 Å². The molecule has 0 spiro atoms. The van der Waals surface area contributed by atoms with Gasteiger partial charge < -0.3 is 24.8 Å². The topological polar surface area (TPSA) is 88.1 Å². The summed E-state index contributed by atoms with van der Waals surface area (Å²) in [7, 11) is 5.49. The Bertz CT molecular complexity index is 531. The van der Waals surface area contributed by atoms with Crippen LogP contribution < -0.4 is 14.8 Å². The Morgan fingerprint density at radius 2 is 2.00 bits per heavy atom. The summed E-state index contributed by atoms with van der Waals surface area (Å²) in [6.07, 6.45) is -0.219. The Labute approximate surface area is 136 Å². The van der Waals surface area contributed by atoms with Crippen molar-refractivity contribution in [2.24, 2.45) is 0 Å². The fourth-order valence-electron chi connectivity index (χ4n) is 1.78. The van der Waals surface area contributed by atoms with Gasteiger partial charge in [0.2, 0.25) is 5.91 Å². The van der Waals surface area contributed by atoms with Crippen LogP contribution >= 0.6 is 0 Å². The summed E-state index contributed by atoms with van der Waals surface area (Å²) in [5, 5.41) is 11.3. The van der Waals surface area contributed by atoms with E-state index in [4.69, 9.17) is 14.6 Å². The molecule has 2 N–H and O–H groups in total. The molecule has 0 fully saturated rings. The molecule has 1 amide bonds. The Hall–Kier alpha value is -2.28. The molecule has 0 aliphatic rings. The largest absolute Gasteiger partial charge is 0.497 e. The first-order valence-corrected chi connectivity index (χ1v) is 7.35. The predicted octanol–water partition coefficient (Wildman–Crippen LogP) is 1.12. The first-order valence-electron chi connectivity index (χ1n) is 7.35. The predicted molar refractivity (Wildman–Crippen MR) is 85.8 cm³/mol. The molecule has 128 valence electrons. The number of ether oxygens (including phenoxy) is 2. The van der Waals surface area contributed by atoms with Gasteiger partial charge in [0, 0.05) is 31.1 Å². The molecular weight excluding hydrogens is 300 g/mol. The van der Waals surface area contributed by atoms with E-state index in [9.17, 15) is 9.59 Å². The molecule has 1 rings (SSSR count). The summed E-state index contributed by atoms with van der Waals surface area (Å²) in [5.41, 5.74) is 0.813. The average molecular weight is 324 g/mol. The van der Waals surface area contributed by atoms with Crippen LogP contribution in [0.1, 0.15) is 18.4 Å². The summed E-state index contributed by atoms with van der Waals surface area (Å²) in [6.45, 7) is 1.56. The molecule has 0 aliphatic carbocycles. The molecule has 0 unspecified atom stereocenters. The van der Waals surface area contributed by atoms with E-state index >= 15 is 0 Å². The molecule has 7 nitrogen and oxygen atoms in total. The number of nitrogens with zero attached hydrogens (tertiary/aromatic N) is 1. The van der Waals surface area contributed by atoms with Crippen molar-refractivity contribution in [3.05, 3.63) is 23.8 Å². The first kappa shape index (κ1) is 18.8. The third-order valence-corrected chi connectivity index (χ3v) is 3.11. The number of aliphatic carboxylic acids is 1. The fourth-order valence-corrected chi connectivity index (χ4v) is 1.78. The Kier molecular flexibility index (Phi) is 7.90. The van der Waals surface area contributed by atoms with Gasteiger partial charge >= 0.3 is 5.97 Å². The van der Waals surface area contributed by atoms with Crippen LogP contribution in [0.4, 0.5) is 0 Å². The van der Waals surface area contributed by atoms with Crippen molar-refractivity contribution in [3.8, 4) is 11.5 Å². The van der Waals surface area contributed by atoms with Gasteiger partial charge in [-0.15, -0.1) is 0 Å². The van der Waals surface area contributed by atoms with Gasteiger partial charge in [0.25, 0.3) is 0 Å². The lowest BCUT2D eigenvalue weighted by molar-refractivity contribution is -0.138. The second-order valence-corrected chi connectivity index (χ2v) is 5.30. The zero-order chi connectivity index (χ0) is 17.2. The van der Waals surface area contributed by atoms with Crippen LogP contribution in [0.5, 0.6) is 11.5 Å². The van der Waals surface area contributed by atoms with Crippen LogP contribution in [-0.4, -0.2) is 56.2 Å². The maximum absolute atomic E-state index is 11.6. The Balaban J connectivity index is 2.64. The highest BCUT2D eigenvalue weighted by Gasteiger charge is 2.09. The van der Waals surface area contributed by atoms with E-state index in [1.165, 1.54) is 0 Å². The maximum atomic E-state index is 11.6. The third-order valence-electron chi connectivity index (χ3n) is 3.11. The highest BCUT2D eigenvalue weighted by atomic mass is 16.5. The molecule has 0 aromatic heterocycles. The number of rotatable bonds is 10. The third kappa shape index (κ3) is 7.51. The molecule has 0 saturated carbocycles. The molecule has 0 heterocycles. The number of carbonyl (C=O) groups excluding carboxylic acids is 1. The minimum atomic E-state index is -0.989. The molecule has 0 aliphatic heterocycles. The average Bonchev–Trinajstić information content (AvgIpc) is 2.51. The van der Waals surface area contributed by atoms with Gasteiger partial charge in [-0.05, 0) is 26.2 Å². The standard InChI is InChI=1S/C16H24N2O5/c1-18(2)8-9-23-14-10-13(22-3)5-4-12(14)11-17-15(19)6-7-16(20)21/h4-5,10H,6-9,11H2,1-3H3,(H,17,19)(H,20,21). The molecular formula is C16H24N2O5. The van der Waals surface area contributed by atoms with Crippen molar-refractivity contribution in [1.82, 2.24) is 10.2 Å². The molecule has 1 aromatic rings. The van der Waals surface area contributed by atoms with Crippen molar-refractivity contribution in [2.75, 3.05) is 34.4 Å². The van der Waals surface area contributed by atoms with Crippen molar-refractivity contribution in [2.45, 2.75) is 19.4 Å². The number of likely N-dealkylation sites (N-methyl/N-ethyl adjacent to an activating group) is 1. The maximum Gasteiger partial charge on any atom is 0.303 e. The number of benzene rings is 1. The zero-order valence-corrected chi connectivity index (χ0v) is 13.8. The SMILES string of the molecule is COc1ccc(CNC(=O)CCC(=O)O)c(OCCN(C)C)c1. The normalized spacial score (nSPS) is 10.4. The zero-order valence-electron chi connectivity index (χ0n) is 13.8. The number of amides is 1. The minimum Gasteiger partial charge on any atom is -0.497 e. The van der Waals surface area contributed by atoms with Crippen LogP contribution in [0.15, 0.2) is 18.2 Å². The second kappa shape index (κ2) is 9.68. The van der Waals surface area contributed by atoms with Crippen molar-refractivity contribution in [1.29, 1.82) is 0 Å². The summed E-state index contributed by atoms with van der Waals surface area (Å²) < 4.78 is 10.9. The smallest absolute Gasteiger partial charge is 0.303 e. The highest BCUT2D eigenvalue weighted by molar-refractivity contribution is 5.80. The van der Waals surface area contributed by atoms with Crippen LogP contribution in [0.3, 0.4) is 0 Å². The van der Waals surface area contributed by atoms with Crippen LogP contribution in [0.2, 0.25) is 0 Å². The second-order valence-electron chi connectivity index (χ2n) is 5.30. The van der Waals surface area contributed by atoms with Gasteiger partial charge in [-0.2, -0.15) is 0 Å². The molecule has 1 aromatic carbocycles.